The molecule has 158 valence electrons. The molecule has 0 bridgehead atoms. The van der Waals surface area contributed by atoms with Crippen LogP contribution in [-0.2, 0) is 0 Å². The molecule has 8 nitrogen and oxygen atoms in total. The number of rotatable bonds is 5. The second-order valence-electron chi connectivity index (χ2n) is 8.94. The van der Waals surface area contributed by atoms with Crippen molar-refractivity contribution in [3.8, 4) is 11.4 Å². The highest BCUT2D eigenvalue weighted by atomic mass is 16.3. The Labute approximate surface area is 176 Å². The zero-order valence-corrected chi connectivity index (χ0v) is 17.5. The van der Waals surface area contributed by atoms with Gasteiger partial charge in [0.15, 0.2) is 5.65 Å². The third-order valence-corrected chi connectivity index (χ3v) is 6.32. The molecule has 30 heavy (non-hydrogen) atoms. The molecule has 0 saturated carbocycles. The third kappa shape index (κ3) is 3.73. The molecule has 8 heteroatoms. The van der Waals surface area contributed by atoms with Crippen molar-refractivity contribution in [2.45, 2.75) is 38.3 Å². The predicted octanol–water partition coefficient (Wildman–Crippen LogP) is 2.16. The lowest BCUT2D eigenvalue weighted by Gasteiger charge is -2.25. The van der Waals surface area contributed by atoms with Gasteiger partial charge in [-0.3, -0.25) is 4.40 Å². The van der Waals surface area contributed by atoms with E-state index < -0.39 is 5.60 Å². The van der Waals surface area contributed by atoms with Gasteiger partial charge in [0.05, 0.1) is 35.6 Å². The Hall–Kier alpha value is -2.71. The summed E-state index contributed by atoms with van der Waals surface area (Å²) in [7, 11) is 0. The fourth-order valence-electron chi connectivity index (χ4n) is 4.42. The quantitative estimate of drug-likeness (QED) is 0.597. The molecule has 5 heterocycles. The molecule has 0 amide bonds. The van der Waals surface area contributed by atoms with E-state index >= 15 is 0 Å². The standard InChI is InChI=1S/C22H29N7O/c1-22(2,30)15-7-9-28(13-15)21-14-29-18(11-24-20(29)12-25-21)17-4-3-5-19(27-17)26-16-6-8-23-10-16/h3-5,11-12,14-16,23,30H,6-10,13H2,1-2H3,(H,26,27). The Morgan fingerprint density at radius 3 is 2.87 bits per heavy atom. The fourth-order valence-corrected chi connectivity index (χ4v) is 4.42. The summed E-state index contributed by atoms with van der Waals surface area (Å²) in [4.78, 5) is 16.2. The second-order valence-corrected chi connectivity index (χ2v) is 8.94. The lowest BCUT2D eigenvalue weighted by Crippen LogP contribution is -2.33. The Kier molecular flexibility index (Phi) is 4.83. The summed E-state index contributed by atoms with van der Waals surface area (Å²) in [5.41, 5.74) is 1.95. The highest BCUT2D eigenvalue weighted by molar-refractivity contribution is 5.62. The van der Waals surface area contributed by atoms with Crippen molar-refractivity contribution in [1.82, 2.24) is 24.7 Å². The minimum absolute atomic E-state index is 0.242. The Balaban J connectivity index is 1.42. The van der Waals surface area contributed by atoms with Crippen LogP contribution in [0.15, 0.2) is 36.8 Å². The van der Waals surface area contributed by atoms with Crippen molar-refractivity contribution >= 4 is 17.3 Å². The number of imidazole rings is 1. The maximum atomic E-state index is 10.4. The average Bonchev–Trinajstić information content (AvgIpc) is 3.47. The molecular formula is C22H29N7O. The summed E-state index contributed by atoms with van der Waals surface area (Å²) in [6, 6.07) is 6.48. The van der Waals surface area contributed by atoms with Gasteiger partial charge in [0, 0.05) is 31.6 Å². The molecule has 2 atom stereocenters. The van der Waals surface area contributed by atoms with E-state index in [0.29, 0.717) is 6.04 Å². The summed E-state index contributed by atoms with van der Waals surface area (Å²) in [6.07, 6.45) is 7.77. The van der Waals surface area contributed by atoms with Crippen molar-refractivity contribution in [1.29, 1.82) is 0 Å². The number of nitrogens with one attached hydrogen (secondary N) is 2. The molecule has 3 N–H and O–H groups in total. The fraction of sp³-hybridized carbons (Fsp3) is 0.500. The van der Waals surface area contributed by atoms with Crippen molar-refractivity contribution in [2.24, 2.45) is 5.92 Å². The summed E-state index contributed by atoms with van der Waals surface area (Å²) in [6.45, 7) is 7.49. The largest absolute Gasteiger partial charge is 0.390 e. The SMILES string of the molecule is CC(C)(O)C1CCN(c2cn3c(-c4cccc(NC5CCNC5)n4)cnc3cn2)C1. The van der Waals surface area contributed by atoms with Gasteiger partial charge in [0.25, 0.3) is 0 Å². The molecule has 0 aromatic carbocycles. The smallest absolute Gasteiger partial charge is 0.155 e. The van der Waals surface area contributed by atoms with Gasteiger partial charge < -0.3 is 20.6 Å². The molecule has 2 aliphatic heterocycles. The van der Waals surface area contributed by atoms with Crippen LogP contribution in [0, 0.1) is 5.92 Å². The molecule has 0 aliphatic carbocycles. The van der Waals surface area contributed by atoms with Crippen molar-refractivity contribution in [2.75, 3.05) is 36.4 Å². The summed E-state index contributed by atoms with van der Waals surface area (Å²) in [5, 5.41) is 17.3. The van der Waals surface area contributed by atoms with Crippen LogP contribution in [-0.4, -0.2) is 62.3 Å². The first-order chi connectivity index (χ1) is 14.5. The van der Waals surface area contributed by atoms with Gasteiger partial charge >= 0.3 is 0 Å². The van der Waals surface area contributed by atoms with Crippen molar-refractivity contribution in [3.63, 3.8) is 0 Å². The summed E-state index contributed by atoms with van der Waals surface area (Å²) < 4.78 is 2.06. The van der Waals surface area contributed by atoms with Crippen LogP contribution in [0.4, 0.5) is 11.6 Å². The molecule has 2 saturated heterocycles. The minimum Gasteiger partial charge on any atom is -0.390 e. The van der Waals surface area contributed by atoms with E-state index in [4.69, 9.17) is 4.98 Å². The van der Waals surface area contributed by atoms with E-state index in [1.807, 2.05) is 50.6 Å². The molecule has 0 spiro atoms. The first-order valence-corrected chi connectivity index (χ1v) is 10.7. The lowest BCUT2D eigenvalue weighted by molar-refractivity contribution is 0.0263. The zero-order valence-electron chi connectivity index (χ0n) is 17.5. The van der Waals surface area contributed by atoms with Crippen molar-refractivity contribution < 1.29 is 5.11 Å². The molecule has 3 aromatic rings. The predicted molar refractivity (Wildman–Crippen MR) is 118 cm³/mol. The average molecular weight is 408 g/mol. The summed E-state index contributed by atoms with van der Waals surface area (Å²) >= 11 is 0. The molecule has 2 unspecified atom stereocenters. The maximum Gasteiger partial charge on any atom is 0.155 e. The highest BCUT2D eigenvalue weighted by Gasteiger charge is 2.34. The number of anilines is 2. The van der Waals surface area contributed by atoms with Crippen LogP contribution in [0.2, 0.25) is 0 Å². The van der Waals surface area contributed by atoms with E-state index in [1.165, 1.54) is 0 Å². The lowest BCUT2D eigenvalue weighted by atomic mass is 9.90. The van der Waals surface area contributed by atoms with Crippen LogP contribution < -0.4 is 15.5 Å². The summed E-state index contributed by atoms with van der Waals surface area (Å²) in [5.74, 6) is 2.03. The van der Waals surface area contributed by atoms with E-state index in [1.54, 1.807) is 0 Å². The Morgan fingerprint density at radius 2 is 2.10 bits per heavy atom. The van der Waals surface area contributed by atoms with Gasteiger partial charge in [-0.2, -0.15) is 0 Å². The van der Waals surface area contributed by atoms with Crippen LogP contribution >= 0.6 is 0 Å². The monoisotopic (exact) mass is 407 g/mol. The number of hydrogen-bond donors (Lipinski definition) is 3. The Bertz CT molecular complexity index is 1040. The topological polar surface area (TPSA) is 90.6 Å². The Morgan fingerprint density at radius 1 is 1.20 bits per heavy atom. The van der Waals surface area contributed by atoms with Gasteiger partial charge in [0.2, 0.25) is 0 Å². The van der Waals surface area contributed by atoms with E-state index in [0.717, 1.165) is 67.7 Å². The number of fused-ring (bicyclic) bond motifs is 1. The van der Waals surface area contributed by atoms with Gasteiger partial charge in [-0.1, -0.05) is 6.07 Å². The van der Waals surface area contributed by atoms with Gasteiger partial charge in [-0.15, -0.1) is 0 Å². The van der Waals surface area contributed by atoms with Gasteiger partial charge in [0.1, 0.15) is 11.6 Å². The van der Waals surface area contributed by atoms with Crippen LogP contribution in [0.25, 0.3) is 17.0 Å². The minimum atomic E-state index is -0.675. The normalized spacial score (nSPS) is 22.2. The molecule has 0 radical (unpaired) electrons. The first kappa shape index (κ1) is 19.3. The van der Waals surface area contributed by atoms with E-state index in [9.17, 15) is 5.11 Å². The number of hydrogen-bond acceptors (Lipinski definition) is 7. The number of pyridine rings is 1. The molecule has 3 aromatic heterocycles. The number of aromatic nitrogens is 4. The van der Waals surface area contributed by atoms with Crippen LogP contribution in [0.1, 0.15) is 26.7 Å². The van der Waals surface area contributed by atoms with Crippen LogP contribution in [0.5, 0.6) is 0 Å². The second kappa shape index (κ2) is 7.52. The maximum absolute atomic E-state index is 10.4. The highest BCUT2D eigenvalue weighted by Crippen LogP contribution is 2.30. The number of nitrogens with zero attached hydrogens (tertiary/aromatic N) is 5. The van der Waals surface area contributed by atoms with Gasteiger partial charge in [-0.25, -0.2) is 15.0 Å². The first-order valence-electron chi connectivity index (χ1n) is 10.7. The van der Waals surface area contributed by atoms with Crippen LogP contribution in [0.3, 0.4) is 0 Å². The number of aliphatic hydroxyl groups is 1. The van der Waals surface area contributed by atoms with E-state index in [-0.39, 0.29) is 5.92 Å². The molecule has 5 rings (SSSR count). The third-order valence-electron chi connectivity index (χ3n) is 6.32. The zero-order chi connectivity index (χ0) is 20.7. The van der Waals surface area contributed by atoms with Crippen molar-refractivity contribution in [3.05, 3.63) is 36.8 Å². The van der Waals surface area contributed by atoms with E-state index in [2.05, 4.69) is 29.9 Å². The van der Waals surface area contributed by atoms with Gasteiger partial charge in [-0.05, 0) is 45.4 Å². The molecule has 2 fully saturated rings. The molecule has 2 aliphatic rings. The molecular weight excluding hydrogens is 378 g/mol.